The topological polar surface area (TPSA) is 103 Å². The van der Waals surface area contributed by atoms with Crippen LogP contribution in [-0.4, -0.2) is 38.1 Å². The monoisotopic (exact) mass is 408 g/mol. The number of alkyl halides is 2. The van der Waals surface area contributed by atoms with Gasteiger partial charge in [0.05, 0.1) is 12.7 Å². The average molecular weight is 408 g/mol. The zero-order valence-corrected chi connectivity index (χ0v) is 15.5. The van der Waals surface area contributed by atoms with Crippen molar-refractivity contribution in [1.82, 2.24) is 0 Å². The molecule has 2 amide bonds. The standard InChI is InChI=1S/C19H18F2N2O6/c1-11(24)22-13-4-6-14(7-5-13)23-17(25)10-28-18(26)12-3-8-15(29-19(20)21)16(9-12)27-2/h3-9,19H,10H2,1-2H3,(H,22,24)(H,23,25). The van der Waals surface area contributed by atoms with Crippen molar-refractivity contribution in [2.45, 2.75) is 13.5 Å². The largest absolute Gasteiger partial charge is 0.493 e. The van der Waals surface area contributed by atoms with Crippen LogP contribution in [0.2, 0.25) is 0 Å². The molecule has 2 aromatic carbocycles. The smallest absolute Gasteiger partial charge is 0.387 e. The van der Waals surface area contributed by atoms with E-state index in [0.29, 0.717) is 11.4 Å². The highest BCUT2D eigenvalue weighted by Gasteiger charge is 2.16. The van der Waals surface area contributed by atoms with Crippen molar-refractivity contribution in [3.63, 3.8) is 0 Å². The van der Waals surface area contributed by atoms with Gasteiger partial charge in [0.15, 0.2) is 18.1 Å². The van der Waals surface area contributed by atoms with Gasteiger partial charge in [0.1, 0.15) is 0 Å². The van der Waals surface area contributed by atoms with Crippen LogP contribution < -0.4 is 20.1 Å². The van der Waals surface area contributed by atoms with Crippen molar-refractivity contribution in [3.05, 3.63) is 48.0 Å². The van der Waals surface area contributed by atoms with Gasteiger partial charge in [-0.1, -0.05) is 0 Å². The Balaban J connectivity index is 1.91. The molecule has 0 bridgehead atoms. The van der Waals surface area contributed by atoms with Crippen LogP contribution in [0, 0.1) is 0 Å². The highest BCUT2D eigenvalue weighted by Crippen LogP contribution is 2.29. The molecule has 10 heteroatoms. The zero-order chi connectivity index (χ0) is 21.4. The number of carbonyl (C=O) groups excluding carboxylic acids is 3. The number of esters is 1. The van der Waals surface area contributed by atoms with E-state index >= 15 is 0 Å². The lowest BCUT2D eigenvalue weighted by Gasteiger charge is -2.11. The fourth-order valence-corrected chi connectivity index (χ4v) is 2.24. The van der Waals surface area contributed by atoms with E-state index in [1.165, 1.54) is 26.2 Å². The van der Waals surface area contributed by atoms with Crippen LogP contribution in [0.25, 0.3) is 0 Å². The summed E-state index contributed by atoms with van der Waals surface area (Å²) >= 11 is 0. The molecule has 0 unspecified atom stereocenters. The molecule has 29 heavy (non-hydrogen) atoms. The van der Waals surface area contributed by atoms with Gasteiger partial charge in [0, 0.05) is 18.3 Å². The molecule has 0 saturated carbocycles. The van der Waals surface area contributed by atoms with E-state index in [4.69, 9.17) is 9.47 Å². The van der Waals surface area contributed by atoms with E-state index in [1.807, 2.05) is 0 Å². The van der Waals surface area contributed by atoms with Gasteiger partial charge >= 0.3 is 12.6 Å². The minimum absolute atomic E-state index is 0.00377. The van der Waals surface area contributed by atoms with Gasteiger partial charge in [-0.3, -0.25) is 9.59 Å². The predicted octanol–water partition coefficient (Wildman–Crippen LogP) is 3.05. The van der Waals surface area contributed by atoms with Crippen LogP contribution >= 0.6 is 0 Å². The summed E-state index contributed by atoms with van der Waals surface area (Å²) in [5.74, 6) is -1.97. The minimum atomic E-state index is -3.04. The number of hydrogen-bond acceptors (Lipinski definition) is 6. The molecule has 0 radical (unpaired) electrons. The van der Waals surface area contributed by atoms with E-state index in [2.05, 4.69) is 15.4 Å². The molecule has 0 fully saturated rings. The summed E-state index contributed by atoms with van der Waals surface area (Å²) in [5.41, 5.74) is 1.00. The summed E-state index contributed by atoms with van der Waals surface area (Å²) in [7, 11) is 1.23. The summed E-state index contributed by atoms with van der Waals surface area (Å²) in [4.78, 5) is 35.0. The van der Waals surface area contributed by atoms with Crippen molar-refractivity contribution in [2.24, 2.45) is 0 Å². The van der Waals surface area contributed by atoms with E-state index in [1.54, 1.807) is 24.3 Å². The normalized spacial score (nSPS) is 10.2. The molecule has 0 aliphatic heterocycles. The maximum Gasteiger partial charge on any atom is 0.387 e. The molecular formula is C19H18F2N2O6. The van der Waals surface area contributed by atoms with Gasteiger partial charge < -0.3 is 24.8 Å². The summed E-state index contributed by atoms with van der Waals surface area (Å²) in [6, 6.07) is 9.84. The lowest BCUT2D eigenvalue weighted by Crippen LogP contribution is -2.21. The molecule has 0 atom stereocenters. The number of nitrogens with one attached hydrogen (secondary N) is 2. The first kappa shape index (κ1) is 21.6. The third-order valence-corrected chi connectivity index (χ3v) is 3.44. The van der Waals surface area contributed by atoms with Gasteiger partial charge in [-0.05, 0) is 42.5 Å². The van der Waals surface area contributed by atoms with Gasteiger partial charge in [-0.15, -0.1) is 0 Å². The first-order valence-corrected chi connectivity index (χ1v) is 8.26. The fraction of sp³-hybridized carbons (Fsp3) is 0.211. The number of amides is 2. The molecule has 0 aliphatic carbocycles. The summed E-state index contributed by atoms with van der Waals surface area (Å²) < 4.78 is 38.7. The lowest BCUT2D eigenvalue weighted by atomic mass is 10.2. The highest BCUT2D eigenvalue weighted by molar-refractivity contribution is 5.96. The molecule has 0 aromatic heterocycles. The van der Waals surface area contributed by atoms with E-state index < -0.39 is 25.1 Å². The van der Waals surface area contributed by atoms with Gasteiger partial charge in [-0.25, -0.2) is 4.79 Å². The van der Waals surface area contributed by atoms with Crippen LogP contribution in [-0.2, 0) is 14.3 Å². The Bertz CT molecular complexity index is 887. The van der Waals surface area contributed by atoms with E-state index in [0.717, 1.165) is 6.07 Å². The average Bonchev–Trinajstić information content (AvgIpc) is 2.67. The van der Waals surface area contributed by atoms with Gasteiger partial charge in [0.25, 0.3) is 5.91 Å². The minimum Gasteiger partial charge on any atom is -0.493 e. The van der Waals surface area contributed by atoms with Crippen molar-refractivity contribution in [1.29, 1.82) is 0 Å². The van der Waals surface area contributed by atoms with Crippen molar-refractivity contribution in [2.75, 3.05) is 24.4 Å². The SMILES string of the molecule is COc1cc(C(=O)OCC(=O)Nc2ccc(NC(C)=O)cc2)ccc1OC(F)F. The summed E-state index contributed by atoms with van der Waals surface area (Å²) in [6.45, 7) is -2.24. The van der Waals surface area contributed by atoms with Crippen molar-refractivity contribution < 1.29 is 37.4 Å². The van der Waals surface area contributed by atoms with E-state index in [9.17, 15) is 23.2 Å². The Morgan fingerprint density at radius 3 is 2.14 bits per heavy atom. The second-order valence-corrected chi connectivity index (χ2v) is 5.63. The first-order chi connectivity index (χ1) is 13.8. The second kappa shape index (κ2) is 10.0. The fourth-order valence-electron chi connectivity index (χ4n) is 2.24. The summed E-state index contributed by atoms with van der Waals surface area (Å²) in [6.07, 6.45) is 0. The highest BCUT2D eigenvalue weighted by atomic mass is 19.3. The Morgan fingerprint density at radius 1 is 0.966 bits per heavy atom. The molecule has 0 saturated heterocycles. The maximum absolute atomic E-state index is 12.3. The van der Waals surface area contributed by atoms with Crippen LogP contribution in [0.4, 0.5) is 20.2 Å². The molecule has 0 aliphatic rings. The molecule has 154 valence electrons. The number of ether oxygens (including phenoxy) is 3. The number of hydrogen-bond donors (Lipinski definition) is 2. The van der Waals surface area contributed by atoms with Crippen molar-refractivity contribution >= 4 is 29.2 Å². The number of rotatable bonds is 8. The molecular weight excluding hydrogens is 390 g/mol. The predicted molar refractivity (Wildman–Crippen MR) is 99.3 cm³/mol. The molecule has 0 heterocycles. The third kappa shape index (κ3) is 6.76. The van der Waals surface area contributed by atoms with Crippen LogP contribution in [0.3, 0.4) is 0 Å². The second-order valence-electron chi connectivity index (χ2n) is 5.63. The molecule has 0 spiro atoms. The quantitative estimate of drug-likeness (QED) is 0.651. The molecule has 2 N–H and O–H groups in total. The van der Waals surface area contributed by atoms with Crippen LogP contribution in [0.15, 0.2) is 42.5 Å². The Morgan fingerprint density at radius 2 is 1.59 bits per heavy atom. The van der Waals surface area contributed by atoms with Gasteiger partial charge in [-0.2, -0.15) is 8.78 Å². The first-order valence-electron chi connectivity index (χ1n) is 8.26. The molecule has 8 nitrogen and oxygen atoms in total. The third-order valence-electron chi connectivity index (χ3n) is 3.44. The number of halogens is 2. The van der Waals surface area contributed by atoms with Crippen LogP contribution in [0.1, 0.15) is 17.3 Å². The molecule has 2 aromatic rings. The van der Waals surface area contributed by atoms with Gasteiger partial charge in [0.2, 0.25) is 5.91 Å². The van der Waals surface area contributed by atoms with Crippen molar-refractivity contribution in [3.8, 4) is 11.5 Å². The number of anilines is 2. The maximum atomic E-state index is 12.3. The number of carbonyl (C=O) groups is 3. The number of benzene rings is 2. The Hall–Kier alpha value is -3.69. The Kier molecular flexibility index (Phi) is 7.47. The van der Waals surface area contributed by atoms with E-state index in [-0.39, 0.29) is 23.0 Å². The lowest BCUT2D eigenvalue weighted by molar-refractivity contribution is -0.119. The molecule has 2 rings (SSSR count). The summed E-state index contributed by atoms with van der Waals surface area (Å²) in [5, 5.41) is 5.11. The number of methoxy groups -OCH3 is 1. The van der Waals surface area contributed by atoms with Crippen LogP contribution in [0.5, 0.6) is 11.5 Å². The Labute approximate surface area is 164 Å². The zero-order valence-electron chi connectivity index (χ0n) is 15.5.